The van der Waals surface area contributed by atoms with E-state index < -0.39 is 0 Å². The molecular weight excluding hydrogens is 218 g/mol. The minimum absolute atomic E-state index is 0.855. The van der Waals surface area contributed by atoms with E-state index in [9.17, 15) is 0 Å². The number of halogens is 1. The summed E-state index contributed by atoms with van der Waals surface area (Å²) in [6, 6.07) is 6.17. The van der Waals surface area contributed by atoms with Crippen molar-refractivity contribution in [3.05, 3.63) is 34.3 Å². The summed E-state index contributed by atoms with van der Waals surface area (Å²) in [6.45, 7) is 3.35. The van der Waals surface area contributed by atoms with E-state index in [4.69, 9.17) is 11.6 Å². The van der Waals surface area contributed by atoms with Crippen molar-refractivity contribution in [3.8, 4) is 0 Å². The number of nitrogens with zero attached hydrogens (tertiary/aromatic N) is 1. The Bertz CT molecular complexity index is 321. The molecule has 0 aromatic heterocycles. The first kappa shape index (κ1) is 13.5. The molecule has 0 aliphatic heterocycles. The molecule has 0 amide bonds. The van der Waals surface area contributed by atoms with Crippen LogP contribution in [0.1, 0.15) is 30.4 Å². The molecule has 0 spiro atoms. The van der Waals surface area contributed by atoms with E-state index in [2.05, 4.69) is 38.1 Å². The van der Waals surface area contributed by atoms with E-state index in [1.807, 2.05) is 6.07 Å². The Morgan fingerprint density at radius 3 is 2.56 bits per heavy atom. The lowest BCUT2D eigenvalue weighted by atomic mass is 10.0. The minimum atomic E-state index is 0.855. The molecule has 1 rings (SSSR count). The third-order valence-corrected chi connectivity index (χ3v) is 3.10. The van der Waals surface area contributed by atoms with E-state index in [1.165, 1.54) is 36.9 Å². The van der Waals surface area contributed by atoms with Crippen molar-refractivity contribution < 1.29 is 0 Å². The van der Waals surface area contributed by atoms with E-state index in [0.29, 0.717) is 0 Å². The standard InChI is InChI=1S/C14H22ClN/c1-12-8-9-14(15)11-13(12)7-5-4-6-10-16(2)3/h8-9,11H,4-7,10H2,1-3H3. The molecule has 0 unspecified atom stereocenters. The fourth-order valence-electron chi connectivity index (χ4n) is 1.83. The van der Waals surface area contributed by atoms with Gasteiger partial charge in [-0.15, -0.1) is 0 Å². The summed E-state index contributed by atoms with van der Waals surface area (Å²) in [4.78, 5) is 2.24. The van der Waals surface area contributed by atoms with Crippen molar-refractivity contribution in [2.75, 3.05) is 20.6 Å². The average molecular weight is 240 g/mol. The molecule has 0 radical (unpaired) electrons. The molecule has 1 aromatic carbocycles. The summed E-state index contributed by atoms with van der Waals surface area (Å²) in [7, 11) is 4.25. The van der Waals surface area contributed by atoms with Crippen LogP contribution in [0.3, 0.4) is 0 Å². The molecule has 2 heteroatoms. The van der Waals surface area contributed by atoms with E-state index in [-0.39, 0.29) is 0 Å². The molecular formula is C14H22ClN. The Kier molecular flexibility index (Phi) is 5.86. The van der Waals surface area contributed by atoms with Crippen LogP contribution in [0.2, 0.25) is 5.02 Å². The summed E-state index contributed by atoms with van der Waals surface area (Å²) in [6.07, 6.45) is 4.99. The number of rotatable bonds is 6. The minimum Gasteiger partial charge on any atom is -0.309 e. The first-order valence-electron chi connectivity index (χ1n) is 5.99. The lowest BCUT2D eigenvalue weighted by molar-refractivity contribution is 0.391. The van der Waals surface area contributed by atoms with Gasteiger partial charge in [0.2, 0.25) is 0 Å². The van der Waals surface area contributed by atoms with Crippen LogP contribution in [0.15, 0.2) is 18.2 Å². The van der Waals surface area contributed by atoms with Gasteiger partial charge in [0.05, 0.1) is 0 Å². The first-order valence-corrected chi connectivity index (χ1v) is 6.37. The molecule has 0 bridgehead atoms. The zero-order chi connectivity index (χ0) is 12.0. The monoisotopic (exact) mass is 239 g/mol. The number of benzene rings is 1. The largest absolute Gasteiger partial charge is 0.309 e. The maximum atomic E-state index is 5.99. The van der Waals surface area contributed by atoms with Crippen molar-refractivity contribution in [1.29, 1.82) is 0 Å². The molecule has 16 heavy (non-hydrogen) atoms. The van der Waals surface area contributed by atoms with Gasteiger partial charge in [0.1, 0.15) is 0 Å². The second-order valence-electron chi connectivity index (χ2n) is 4.68. The van der Waals surface area contributed by atoms with E-state index in [1.54, 1.807) is 0 Å². The van der Waals surface area contributed by atoms with Crippen LogP contribution in [0.5, 0.6) is 0 Å². The van der Waals surface area contributed by atoms with Crippen LogP contribution in [0.25, 0.3) is 0 Å². The summed E-state index contributed by atoms with van der Waals surface area (Å²) in [5, 5.41) is 0.855. The molecule has 0 atom stereocenters. The van der Waals surface area contributed by atoms with Gasteiger partial charge in [-0.1, -0.05) is 24.1 Å². The third kappa shape index (κ3) is 5.00. The Hall–Kier alpha value is -0.530. The fourth-order valence-corrected chi connectivity index (χ4v) is 2.02. The highest BCUT2D eigenvalue weighted by Gasteiger charge is 1.99. The lowest BCUT2D eigenvalue weighted by Crippen LogP contribution is -2.12. The molecule has 0 N–H and O–H groups in total. The van der Waals surface area contributed by atoms with Gasteiger partial charge in [-0.05, 0) is 70.1 Å². The molecule has 0 heterocycles. The zero-order valence-corrected chi connectivity index (χ0v) is 11.3. The summed E-state index contributed by atoms with van der Waals surface area (Å²) in [5.41, 5.74) is 2.76. The number of hydrogen-bond acceptors (Lipinski definition) is 1. The first-order chi connectivity index (χ1) is 7.59. The van der Waals surface area contributed by atoms with Crippen molar-refractivity contribution in [2.45, 2.75) is 32.6 Å². The maximum absolute atomic E-state index is 5.99. The number of unbranched alkanes of at least 4 members (excludes halogenated alkanes) is 2. The van der Waals surface area contributed by atoms with Gasteiger partial charge in [-0.3, -0.25) is 0 Å². The molecule has 0 fully saturated rings. The highest BCUT2D eigenvalue weighted by atomic mass is 35.5. The van der Waals surface area contributed by atoms with Crippen LogP contribution in [0.4, 0.5) is 0 Å². The van der Waals surface area contributed by atoms with Crippen LogP contribution < -0.4 is 0 Å². The van der Waals surface area contributed by atoms with Gasteiger partial charge in [0.25, 0.3) is 0 Å². The van der Waals surface area contributed by atoms with Crippen molar-refractivity contribution >= 4 is 11.6 Å². The van der Waals surface area contributed by atoms with Crippen LogP contribution >= 0.6 is 11.6 Å². The molecule has 1 aromatic rings. The maximum Gasteiger partial charge on any atom is 0.0408 e. The molecule has 90 valence electrons. The van der Waals surface area contributed by atoms with Crippen LogP contribution in [-0.2, 0) is 6.42 Å². The summed E-state index contributed by atoms with van der Waals surface area (Å²) >= 11 is 5.99. The van der Waals surface area contributed by atoms with Crippen molar-refractivity contribution in [1.82, 2.24) is 4.90 Å². The van der Waals surface area contributed by atoms with Gasteiger partial charge in [-0.25, -0.2) is 0 Å². The van der Waals surface area contributed by atoms with Gasteiger partial charge in [0, 0.05) is 5.02 Å². The van der Waals surface area contributed by atoms with Crippen molar-refractivity contribution in [3.63, 3.8) is 0 Å². The normalized spacial score (nSPS) is 11.1. The quantitative estimate of drug-likeness (QED) is 0.680. The predicted molar refractivity (Wildman–Crippen MR) is 72.3 cm³/mol. The number of hydrogen-bond donors (Lipinski definition) is 0. The summed E-state index contributed by atoms with van der Waals surface area (Å²) in [5.74, 6) is 0. The zero-order valence-electron chi connectivity index (χ0n) is 10.6. The van der Waals surface area contributed by atoms with Gasteiger partial charge in [0.15, 0.2) is 0 Å². The Balaban J connectivity index is 2.29. The van der Waals surface area contributed by atoms with Gasteiger partial charge < -0.3 is 4.90 Å². The van der Waals surface area contributed by atoms with E-state index in [0.717, 1.165) is 11.4 Å². The average Bonchev–Trinajstić information content (AvgIpc) is 2.22. The Morgan fingerprint density at radius 1 is 1.12 bits per heavy atom. The molecule has 0 aliphatic rings. The predicted octanol–water partition coefficient (Wildman–Crippen LogP) is 3.92. The molecule has 1 nitrogen and oxygen atoms in total. The smallest absolute Gasteiger partial charge is 0.0408 e. The highest BCUT2D eigenvalue weighted by Crippen LogP contribution is 2.17. The van der Waals surface area contributed by atoms with E-state index >= 15 is 0 Å². The highest BCUT2D eigenvalue weighted by molar-refractivity contribution is 6.30. The number of aryl methyl sites for hydroxylation is 2. The Labute approximate surface area is 104 Å². The lowest BCUT2D eigenvalue weighted by Gasteiger charge is -2.09. The SMILES string of the molecule is Cc1ccc(Cl)cc1CCCCCN(C)C. The topological polar surface area (TPSA) is 3.24 Å². The van der Waals surface area contributed by atoms with Crippen LogP contribution in [-0.4, -0.2) is 25.5 Å². The Morgan fingerprint density at radius 2 is 1.88 bits per heavy atom. The van der Waals surface area contributed by atoms with Crippen LogP contribution in [0, 0.1) is 6.92 Å². The fraction of sp³-hybridized carbons (Fsp3) is 0.571. The molecule has 0 saturated heterocycles. The second-order valence-corrected chi connectivity index (χ2v) is 5.12. The molecule has 0 saturated carbocycles. The third-order valence-electron chi connectivity index (χ3n) is 2.86. The van der Waals surface area contributed by atoms with Gasteiger partial charge in [-0.2, -0.15) is 0 Å². The summed E-state index contributed by atoms with van der Waals surface area (Å²) < 4.78 is 0. The van der Waals surface area contributed by atoms with Crippen molar-refractivity contribution in [2.24, 2.45) is 0 Å². The second kappa shape index (κ2) is 6.93. The van der Waals surface area contributed by atoms with Gasteiger partial charge >= 0.3 is 0 Å². The molecule has 0 aliphatic carbocycles.